The van der Waals surface area contributed by atoms with Crippen molar-refractivity contribution in [2.45, 2.75) is 13.5 Å². The van der Waals surface area contributed by atoms with Gasteiger partial charge in [0, 0.05) is 11.6 Å². The zero-order valence-corrected chi connectivity index (χ0v) is 16.0. The molecule has 28 heavy (non-hydrogen) atoms. The van der Waals surface area contributed by atoms with Crippen LogP contribution in [0.1, 0.15) is 18.1 Å². The molecule has 1 aliphatic heterocycles. The van der Waals surface area contributed by atoms with Crippen LogP contribution in [-0.2, 0) is 11.3 Å². The van der Waals surface area contributed by atoms with Crippen LogP contribution in [0, 0.1) is 5.82 Å². The number of urea groups is 1. The van der Waals surface area contributed by atoms with Crippen LogP contribution in [-0.4, -0.2) is 30.6 Å². The van der Waals surface area contributed by atoms with Crippen molar-refractivity contribution in [1.29, 1.82) is 0 Å². The predicted octanol–water partition coefficient (Wildman–Crippen LogP) is 3.98. The van der Waals surface area contributed by atoms with Crippen LogP contribution in [0.2, 0.25) is 5.02 Å². The van der Waals surface area contributed by atoms with Crippen molar-refractivity contribution in [2.24, 2.45) is 0 Å². The lowest BCUT2D eigenvalue weighted by molar-refractivity contribution is -0.123. The Hall–Kier alpha value is -3.06. The Morgan fingerprint density at radius 3 is 2.64 bits per heavy atom. The summed E-state index contributed by atoms with van der Waals surface area (Å²) in [7, 11) is 1.49. The quantitative estimate of drug-likeness (QED) is 0.584. The largest absolute Gasteiger partial charge is 0.493 e. The summed E-state index contributed by atoms with van der Waals surface area (Å²) in [6, 6.07) is 8.53. The molecule has 1 heterocycles. The van der Waals surface area contributed by atoms with E-state index in [2.05, 4.69) is 5.32 Å². The van der Waals surface area contributed by atoms with Gasteiger partial charge in [-0.05, 0) is 30.7 Å². The maximum absolute atomic E-state index is 13.9. The summed E-state index contributed by atoms with van der Waals surface area (Å²) in [4.78, 5) is 25.8. The van der Waals surface area contributed by atoms with Crippen molar-refractivity contribution in [3.05, 3.63) is 64.1 Å². The highest BCUT2D eigenvalue weighted by molar-refractivity contribution is 6.32. The van der Waals surface area contributed by atoms with Gasteiger partial charge in [-0.15, -0.1) is 0 Å². The highest BCUT2D eigenvalue weighted by Crippen LogP contribution is 2.34. The third kappa shape index (κ3) is 3.94. The number of ether oxygens (including phenoxy) is 2. The van der Waals surface area contributed by atoms with E-state index in [0.717, 1.165) is 4.90 Å². The highest BCUT2D eigenvalue weighted by Gasteiger charge is 2.34. The normalized spacial score (nSPS) is 15.1. The minimum Gasteiger partial charge on any atom is -0.493 e. The zero-order valence-electron chi connectivity index (χ0n) is 15.3. The third-order valence-electron chi connectivity index (χ3n) is 4.13. The van der Waals surface area contributed by atoms with E-state index in [4.69, 9.17) is 21.1 Å². The number of amides is 3. The van der Waals surface area contributed by atoms with E-state index >= 15 is 0 Å². The lowest BCUT2D eigenvalue weighted by Crippen LogP contribution is -2.30. The zero-order chi connectivity index (χ0) is 20.3. The molecule has 1 N–H and O–H groups in total. The number of methoxy groups -OCH3 is 1. The van der Waals surface area contributed by atoms with Crippen LogP contribution in [0.4, 0.5) is 9.18 Å². The van der Waals surface area contributed by atoms with E-state index in [1.54, 1.807) is 18.2 Å². The number of carbonyl (C=O) groups excluding carboxylic acids is 2. The molecule has 0 unspecified atom stereocenters. The van der Waals surface area contributed by atoms with Gasteiger partial charge in [0.25, 0.3) is 5.91 Å². The van der Waals surface area contributed by atoms with Gasteiger partial charge in [-0.3, -0.25) is 9.69 Å². The summed E-state index contributed by atoms with van der Waals surface area (Å²) < 4.78 is 24.6. The molecule has 0 aromatic heterocycles. The molecular weight excluding hydrogens is 387 g/mol. The molecule has 6 nitrogen and oxygen atoms in total. The predicted molar refractivity (Wildman–Crippen MR) is 103 cm³/mol. The second-order valence-corrected chi connectivity index (χ2v) is 6.34. The van der Waals surface area contributed by atoms with Crippen molar-refractivity contribution in [2.75, 3.05) is 13.7 Å². The molecular formula is C20H18ClFN2O4. The van der Waals surface area contributed by atoms with Crippen molar-refractivity contribution < 1.29 is 23.5 Å². The molecule has 1 aliphatic rings. The molecule has 0 bridgehead atoms. The van der Waals surface area contributed by atoms with Crippen LogP contribution < -0.4 is 14.8 Å². The Morgan fingerprint density at radius 2 is 1.96 bits per heavy atom. The maximum Gasteiger partial charge on any atom is 0.329 e. The lowest BCUT2D eigenvalue weighted by Gasteiger charge is -2.12. The van der Waals surface area contributed by atoms with Gasteiger partial charge in [-0.25, -0.2) is 9.18 Å². The first kappa shape index (κ1) is 19.7. The van der Waals surface area contributed by atoms with Crippen LogP contribution >= 0.6 is 11.6 Å². The summed E-state index contributed by atoms with van der Waals surface area (Å²) >= 11 is 6.28. The smallest absolute Gasteiger partial charge is 0.329 e. The van der Waals surface area contributed by atoms with Gasteiger partial charge in [0.15, 0.2) is 11.5 Å². The van der Waals surface area contributed by atoms with E-state index < -0.39 is 17.8 Å². The number of hydrogen-bond acceptors (Lipinski definition) is 4. The first-order chi connectivity index (χ1) is 13.4. The van der Waals surface area contributed by atoms with Crippen molar-refractivity contribution >= 4 is 29.6 Å². The number of imide groups is 1. The number of rotatable bonds is 6. The first-order valence-electron chi connectivity index (χ1n) is 8.52. The van der Waals surface area contributed by atoms with E-state index in [1.165, 1.54) is 31.4 Å². The minimum atomic E-state index is -0.631. The topological polar surface area (TPSA) is 67.9 Å². The number of carbonyl (C=O) groups is 2. The molecule has 1 saturated heterocycles. The van der Waals surface area contributed by atoms with Gasteiger partial charge in [-0.1, -0.05) is 29.8 Å². The maximum atomic E-state index is 13.9. The Bertz CT molecular complexity index is 961. The SMILES string of the molecule is CCOc1cc(Cl)c(C=C2NC(=O)N(Cc3ccccc3F)C2=O)cc1OC. The summed E-state index contributed by atoms with van der Waals surface area (Å²) in [5.41, 5.74) is 0.751. The Kier molecular flexibility index (Phi) is 5.84. The average Bonchev–Trinajstić information content (AvgIpc) is 2.93. The van der Waals surface area contributed by atoms with Crippen LogP contribution in [0.15, 0.2) is 42.1 Å². The Balaban J connectivity index is 1.88. The van der Waals surface area contributed by atoms with Crippen LogP contribution in [0.25, 0.3) is 6.08 Å². The second kappa shape index (κ2) is 8.31. The molecule has 2 aromatic rings. The molecule has 0 aliphatic carbocycles. The molecule has 0 spiro atoms. The molecule has 0 radical (unpaired) electrons. The molecule has 8 heteroatoms. The molecule has 3 amide bonds. The minimum absolute atomic E-state index is 0.0365. The van der Waals surface area contributed by atoms with E-state index in [9.17, 15) is 14.0 Å². The third-order valence-corrected chi connectivity index (χ3v) is 4.46. The van der Waals surface area contributed by atoms with Crippen LogP contribution in [0.5, 0.6) is 11.5 Å². The molecule has 1 fully saturated rings. The van der Waals surface area contributed by atoms with Crippen LogP contribution in [0.3, 0.4) is 0 Å². The first-order valence-corrected chi connectivity index (χ1v) is 8.90. The van der Waals surface area contributed by atoms with Crippen molar-refractivity contribution in [1.82, 2.24) is 10.2 Å². The van der Waals surface area contributed by atoms with Crippen molar-refractivity contribution in [3.63, 3.8) is 0 Å². The van der Waals surface area contributed by atoms with Gasteiger partial charge in [0.1, 0.15) is 11.5 Å². The van der Waals surface area contributed by atoms with E-state index in [0.29, 0.717) is 28.7 Å². The summed E-state index contributed by atoms with van der Waals surface area (Å²) in [5, 5.41) is 2.82. The molecule has 3 rings (SSSR count). The van der Waals surface area contributed by atoms with Gasteiger partial charge in [0.05, 0.1) is 25.3 Å². The average molecular weight is 405 g/mol. The molecule has 2 aromatic carbocycles. The molecule has 146 valence electrons. The number of halogens is 2. The summed E-state index contributed by atoms with van der Waals surface area (Å²) in [5.74, 6) is -0.143. The second-order valence-electron chi connectivity index (χ2n) is 5.93. The standard InChI is InChI=1S/C20H18ClFN2O4/c1-3-28-18-10-14(21)13(9-17(18)27-2)8-16-19(25)24(20(26)23-16)11-12-6-4-5-7-15(12)22/h4-10H,3,11H2,1-2H3,(H,23,26). The van der Waals surface area contributed by atoms with E-state index in [1.807, 2.05) is 6.92 Å². The number of nitrogens with one attached hydrogen (secondary N) is 1. The molecule has 0 atom stereocenters. The molecule has 0 saturated carbocycles. The lowest BCUT2D eigenvalue weighted by atomic mass is 10.1. The van der Waals surface area contributed by atoms with Gasteiger partial charge in [-0.2, -0.15) is 0 Å². The fourth-order valence-corrected chi connectivity index (χ4v) is 2.97. The van der Waals surface area contributed by atoms with Gasteiger partial charge in [0.2, 0.25) is 0 Å². The van der Waals surface area contributed by atoms with E-state index in [-0.39, 0.29) is 17.8 Å². The van der Waals surface area contributed by atoms with Gasteiger partial charge >= 0.3 is 6.03 Å². The summed E-state index contributed by atoms with van der Waals surface area (Å²) in [6.07, 6.45) is 1.45. The van der Waals surface area contributed by atoms with Crippen molar-refractivity contribution in [3.8, 4) is 11.5 Å². The highest BCUT2D eigenvalue weighted by atomic mass is 35.5. The fourth-order valence-electron chi connectivity index (χ4n) is 2.76. The summed E-state index contributed by atoms with van der Waals surface area (Å²) in [6.45, 7) is 2.10. The monoisotopic (exact) mass is 404 g/mol. The Morgan fingerprint density at radius 1 is 1.21 bits per heavy atom. The number of nitrogens with zero attached hydrogens (tertiary/aromatic N) is 1. The Labute approximate surface area is 166 Å². The van der Waals surface area contributed by atoms with Gasteiger partial charge < -0.3 is 14.8 Å². The number of benzene rings is 2. The number of hydrogen-bond donors (Lipinski definition) is 1. The fraction of sp³-hybridized carbons (Fsp3) is 0.200.